The first kappa shape index (κ1) is 19.5. The molecule has 0 unspecified atom stereocenters. The van der Waals surface area contributed by atoms with E-state index in [0.29, 0.717) is 5.56 Å². The molecule has 1 aliphatic rings. The average Bonchev–Trinajstić information content (AvgIpc) is 3.36. The fourth-order valence-corrected chi connectivity index (χ4v) is 5.21. The summed E-state index contributed by atoms with van der Waals surface area (Å²) in [5.41, 5.74) is 1.26. The van der Waals surface area contributed by atoms with Gasteiger partial charge in [0.05, 0.1) is 6.33 Å². The number of rotatable bonds is 5. The van der Waals surface area contributed by atoms with Gasteiger partial charge in [0.15, 0.2) is 10.8 Å². The summed E-state index contributed by atoms with van der Waals surface area (Å²) in [6.07, 6.45) is 2.86. The second-order valence-corrected chi connectivity index (χ2v) is 9.08. The number of carbonyl (C=O) groups excluding carboxylic acids is 1. The molecule has 1 fully saturated rings. The summed E-state index contributed by atoms with van der Waals surface area (Å²) in [7, 11) is -2.15. The molecule has 1 aliphatic heterocycles. The number of halogens is 1. The quantitative estimate of drug-likeness (QED) is 0.603. The van der Waals surface area contributed by atoms with Gasteiger partial charge in [0.1, 0.15) is 5.82 Å². The van der Waals surface area contributed by atoms with Crippen LogP contribution in [0.4, 0.5) is 4.39 Å². The van der Waals surface area contributed by atoms with Crippen molar-refractivity contribution in [1.82, 2.24) is 13.9 Å². The number of aryl methyl sites for hydroxylation is 1. The third-order valence-electron chi connectivity index (χ3n) is 5.26. The van der Waals surface area contributed by atoms with Crippen LogP contribution in [0.5, 0.6) is 0 Å². The van der Waals surface area contributed by atoms with Gasteiger partial charge >= 0.3 is 0 Å². The molecule has 1 aromatic heterocycles. The summed E-state index contributed by atoms with van der Waals surface area (Å²) in [5.74, 6) is -1.45. The molecule has 1 saturated heterocycles. The van der Waals surface area contributed by atoms with Crippen LogP contribution < -0.4 is 0 Å². The van der Waals surface area contributed by atoms with Gasteiger partial charge in [-0.05, 0) is 17.7 Å². The zero-order valence-electron chi connectivity index (χ0n) is 15.8. The number of ketones is 1. The molecular weight excluding hydrogens is 393 g/mol. The maximum atomic E-state index is 13.4. The summed E-state index contributed by atoms with van der Waals surface area (Å²) in [6.45, 7) is 0.183. The van der Waals surface area contributed by atoms with Gasteiger partial charge in [-0.3, -0.25) is 4.79 Å². The molecule has 6 nitrogen and oxygen atoms in total. The highest BCUT2D eigenvalue weighted by Gasteiger charge is 2.44. The first-order valence-electron chi connectivity index (χ1n) is 9.19. The number of hydrogen-bond acceptors (Lipinski definition) is 4. The van der Waals surface area contributed by atoms with Crippen molar-refractivity contribution in [3.05, 3.63) is 84.1 Å². The Morgan fingerprint density at radius 1 is 1.07 bits per heavy atom. The predicted molar refractivity (Wildman–Crippen MR) is 105 cm³/mol. The van der Waals surface area contributed by atoms with Crippen molar-refractivity contribution in [2.45, 2.75) is 10.9 Å². The summed E-state index contributed by atoms with van der Waals surface area (Å²) < 4.78 is 42.4. The lowest BCUT2D eigenvalue weighted by atomic mass is 9.84. The van der Waals surface area contributed by atoms with Gasteiger partial charge in [-0.25, -0.2) is 17.8 Å². The third-order valence-corrected chi connectivity index (χ3v) is 6.98. The van der Waals surface area contributed by atoms with E-state index in [9.17, 15) is 17.6 Å². The molecule has 0 N–H and O–H groups in total. The molecule has 2 aromatic carbocycles. The molecule has 150 valence electrons. The summed E-state index contributed by atoms with van der Waals surface area (Å²) in [5, 5.41) is -0.0503. The van der Waals surface area contributed by atoms with Crippen LogP contribution in [-0.2, 0) is 17.1 Å². The number of imidazole rings is 1. The number of aromatic nitrogens is 2. The molecule has 3 aromatic rings. The van der Waals surface area contributed by atoms with E-state index in [1.165, 1.54) is 29.0 Å². The lowest BCUT2D eigenvalue weighted by molar-refractivity contribution is 0.0918. The molecule has 0 bridgehead atoms. The SMILES string of the molecule is Cn1cnc(S(=O)(=O)N2C[C@H](C(=O)c3ccccc3)[C@@H](c3ccc(F)cc3)C2)c1. The Kier molecular flexibility index (Phi) is 5.06. The molecule has 2 heterocycles. The van der Waals surface area contributed by atoms with Gasteiger partial charge in [0.25, 0.3) is 10.0 Å². The molecule has 0 amide bonds. The zero-order chi connectivity index (χ0) is 20.6. The molecule has 0 spiro atoms. The van der Waals surface area contributed by atoms with E-state index in [1.54, 1.807) is 48.0 Å². The van der Waals surface area contributed by atoms with E-state index < -0.39 is 15.9 Å². The lowest BCUT2D eigenvalue weighted by Gasteiger charge is -2.17. The van der Waals surface area contributed by atoms with Crippen LogP contribution >= 0.6 is 0 Å². The topological polar surface area (TPSA) is 72.3 Å². The van der Waals surface area contributed by atoms with Gasteiger partial charge in [-0.1, -0.05) is 42.5 Å². The van der Waals surface area contributed by atoms with Crippen LogP contribution in [0, 0.1) is 11.7 Å². The van der Waals surface area contributed by atoms with E-state index in [0.717, 1.165) is 5.56 Å². The Labute approximate surface area is 168 Å². The van der Waals surface area contributed by atoms with Gasteiger partial charge in [0, 0.05) is 43.7 Å². The highest BCUT2D eigenvalue weighted by atomic mass is 32.2. The smallest absolute Gasteiger partial charge is 0.262 e. The van der Waals surface area contributed by atoms with Crippen LogP contribution in [0.2, 0.25) is 0 Å². The van der Waals surface area contributed by atoms with Gasteiger partial charge in [-0.2, -0.15) is 4.31 Å². The van der Waals surface area contributed by atoms with Crippen LogP contribution in [-0.4, -0.2) is 41.1 Å². The van der Waals surface area contributed by atoms with Crippen LogP contribution in [0.25, 0.3) is 0 Å². The lowest BCUT2D eigenvalue weighted by Crippen LogP contribution is -2.30. The fraction of sp³-hybridized carbons (Fsp3) is 0.238. The van der Waals surface area contributed by atoms with E-state index >= 15 is 0 Å². The van der Waals surface area contributed by atoms with Gasteiger partial charge in [-0.15, -0.1) is 0 Å². The molecule has 2 atom stereocenters. The number of sulfonamides is 1. The predicted octanol–water partition coefficient (Wildman–Crippen LogP) is 2.85. The molecule has 0 aliphatic carbocycles. The van der Waals surface area contributed by atoms with E-state index in [-0.39, 0.29) is 35.6 Å². The molecule has 8 heteroatoms. The second kappa shape index (κ2) is 7.53. The Morgan fingerprint density at radius 3 is 2.38 bits per heavy atom. The minimum atomic E-state index is -3.84. The minimum Gasteiger partial charge on any atom is -0.339 e. The Bertz CT molecular complexity index is 1130. The number of carbonyl (C=O) groups is 1. The second-order valence-electron chi connectivity index (χ2n) is 7.19. The molecule has 29 heavy (non-hydrogen) atoms. The number of benzene rings is 2. The Hall–Kier alpha value is -2.84. The fourth-order valence-electron chi connectivity index (χ4n) is 3.75. The van der Waals surface area contributed by atoms with E-state index in [4.69, 9.17) is 0 Å². The van der Waals surface area contributed by atoms with Crippen molar-refractivity contribution in [2.75, 3.05) is 13.1 Å². The molecule has 0 radical (unpaired) electrons. The van der Waals surface area contributed by atoms with Crippen molar-refractivity contribution in [2.24, 2.45) is 13.0 Å². The maximum absolute atomic E-state index is 13.4. The molecule has 0 saturated carbocycles. The zero-order valence-corrected chi connectivity index (χ0v) is 16.6. The Balaban J connectivity index is 1.71. The monoisotopic (exact) mass is 413 g/mol. The van der Waals surface area contributed by atoms with Crippen LogP contribution in [0.3, 0.4) is 0 Å². The maximum Gasteiger partial charge on any atom is 0.262 e. The number of hydrogen-bond donors (Lipinski definition) is 0. The third kappa shape index (κ3) is 3.73. The van der Waals surface area contributed by atoms with E-state index in [2.05, 4.69) is 4.98 Å². The van der Waals surface area contributed by atoms with Crippen molar-refractivity contribution >= 4 is 15.8 Å². The summed E-state index contributed by atoms with van der Waals surface area (Å²) >= 11 is 0. The van der Waals surface area contributed by atoms with Crippen LogP contribution in [0.1, 0.15) is 21.8 Å². The number of nitrogens with zero attached hydrogens (tertiary/aromatic N) is 3. The highest BCUT2D eigenvalue weighted by Crippen LogP contribution is 2.37. The van der Waals surface area contributed by atoms with Crippen LogP contribution in [0.15, 0.2) is 72.1 Å². The Morgan fingerprint density at radius 2 is 1.76 bits per heavy atom. The van der Waals surface area contributed by atoms with Gasteiger partial charge in [0.2, 0.25) is 0 Å². The average molecular weight is 413 g/mol. The molecule has 4 rings (SSSR count). The highest BCUT2D eigenvalue weighted by molar-refractivity contribution is 7.89. The minimum absolute atomic E-state index is 0.0503. The van der Waals surface area contributed by atoms with Crippen molar-refractivity contribution < 1.29 is 17.6 Å². The van der Waals surface area contributed by atoms with Crippen molar-refractivity contribution in [3.8, 4) is 0 Å². The van der Waals surface area contributed by atoms with Crippen molar-refractivity contribution in [3.63, 3.8) is 0 Å². The summed E-state index contributed by atoms with van der Waals surface area (Å²) in [6, 6.07) is 14.7. The normalized spacial score (nSPS) is 20.1. The summed E-state index contributed by atoms with van der Waals surface area (Å²) in [4.78, 5) is 17.2. The van der Waals surface area contributed by atoms with Gasteiger partial charge < -0.3 is 4.57 Å². The first-order chi connectivity index (χ1) is 13.9. The van der Waals surface area contributed by atoms with E-state index in [1.807, 2.05) is 6.07 Å². The number of Topliss-reactive ketones (excluding diaryl/α,β-unsaturated/α-hetero) is 1. The largest absolute Gasteiger partial charge is 0.339 e. The standard InChI is InChI=1S/C21H20FN3O3S/c1-24-13-20(23-14-24)29(27,28)25-11-18(15-7-9-17(22)10-8-15)19(12-25)21(26)16-5-3-2-4-6-16/h2-10,13-14,18-19H,11-12H2,1H3/t18-,19+/m1/s1. The van der Waals surface area contributed by atoms with Crippen molar-refractivity contribution in [1.29, 1.82) is 0 Å². The first-order valence-corrected chi connectivity index (χ1v) is 10.6. The molecular formula is C21H20FN3O3S.